The van der Waals surface area contributed by atoms with E-state index in [1.165, 1.54) is 23.2 Å². The third-order valence-corrected chi connectivity index (χ3v) is 2.61. The van der Waals surface area contributed by atoms with E-state index in [1.807, 2.05) is 20.8 Å². The van der Waals surface area contributed by atoms with Gasteiger partial charge in [-0.25, -0.2) is 4.79 Å². The summed E-state index contributed by atoms with van der Waals surface area (Å²) in [5, 5.41) is 9.10. The monoisotopic (exact) mass is 262 g/mol. The highest BCUT2D eigenvalue weighted by Gasteiger charge is 2.29. The number of amides is 1. The molecule has 5 heteroatoms. The van der Waals surface area contributed by atoms with Crippen LogP contribution in [0.5, 0.6) is 0 Å². The first-order valence-corrected chi connectivity index (χ1v) is 5.90. The minimum absolute atomic E-state index is 0.0493. The lowest BCUT2D eigenvalue weighted by Crippen LogP contribution is -2.46. The Morgan fingerprint density at radius 1 is 1.47 bits per heavy atom. The molecule has 0 bridgehead atoms. The van der Waals surface area contributed by atoms with Crippen LogP contribution in [0.4, 0.5) is 0 Å². The summed E-state index contributed by atoms with van der Waals surface area (Å²) in [6, 6.07) is 2.87. The predicted molar refractivity (Wildman–Crippen MR) is 72.2 cm³/mol. The molecule has 1 heterocycles. The van der Waals surface area contributed by atoms with Crippen molar-refractivity contribution >= 4 is 11.9 Å². The van der Waals surface area contributed by atoms with Gasteiger partial charge >= 0.3 is 5.97 Å². The van der Waals surface area contributed by atoms with E-state index in [0.29, 0.717) is 6.54 Å². The molecule has 0 aliphatic heterocycles. The second kappa shape index (κ2) is 5.65. The summed E-state index contributed by atoms with van der Waals surface area (Å²) in [6.45, 7) is 9.57. The zero-order valence-electron chi connectivity index (χ0n) is 11.4. The van der Waals surface area contributed by atoms with E-state index < -0.39 is 17.4 Å². The standard InChI is InChI=1S/C14H18N2O3/c1-5-9-16(14(2,3)4)12(17)11-10(13(18)19)7-6-8-15-11/h5-8H,1,9H2,2-4H3,(H,18,19). The first kappa shape index (κ1) is 14.9. The number of hydrogen-bond donors (Lipinski definition) is 1. The molecule has 0 aromatic carbocycles. The molecule has 1 N–H and O–H groups in total. The lowest BCUT2D eigenvalue weighted by Gasteiger charge is -2.34. The van der Waals surface area contributed by atoms with Crippen LogP contribution >= 0.6 is 0 Å². The fourth-order valence-electron chi connectivity index (χ4n) is 1.67. The molecule has 0 saturated carbocycles. The fourth-order valence-corrected chi connectivity index (χ4v) is 1.67. The summed E-state index contributed by atoms with van der Waals surface area (Å²) in [7, 11) is 0. The molecule has 0 saturated heterocycles. The third-order valence-electron chi connectivity index (χ3n) is 2.61. The van der Waals surface area contributed by atoms with Gasteiger partial charge in [-0.2, -0.15) is 0 Å². The number of carboxylic acids is 1. The average Bonchev–Trinajstić information content (AvgIpc) is 2.33. The molecule has 1 amide bonds. The van der Waals surface area contributed by atoms with E-state index in [2.05, 4.69) is 11.6 Å². The van der Waals surface area contributed by atoms with Gasteiger partial charge in [0.25, 0.3) is 5.91 Å². The van der Waals surface area contributed by atoms with Gasteiger partial charge in [0.05, 0.1) is 5.56 Å². The van der Waals surface area contributed by atoms with Crippen molar-refractivity contribution in [1.29, 1.82) is 0 Å². The van der Waals surface area contributed by atoms with Gasteiger partial charge in [0.15, 0.2) is 0 Å². The molecule has 0 aliphatic carbocycles. The highest BCUT2D eigenvalue weighted by atomic mass is 16.4. The molecule has 0 spiro atoms. The lowest BCUT2D eigenvalue weighted by molar-refractivity contribution is 0.0590. The van der Waals surface area contributed by atoms with E-state index >= 15 is 0 Å². The highest BCUT2D eigenvalue weighted by molar-refractivity contribution is 6.03. The SMILES string of the molecule is C=CCN(C(=O)c1ncccc1C(=O)O)C(C)(C)C. The van der Waals surface area contributed by atoms with E-state index in [0.717, 1.165) is 0 Å². The van der Waals surface area contributed by atoms with Gasteiger partial charge < -0.3 is 10.0 Å². The number of rotatable bonds is 4. The van der Waals surface area contributed by atoms with Gasteiger partial charge in [-0.15, -0.1) is 6.58 Å². The third kappa shape index (κ3) is 3.40. The van der Waals surface area contributed by atoms with Crippen LogP contribution in [-0.2, 0) is 0 Å². The Morgan fingerprint density at radius 3 is 2.58 bits per heavy atom. The Morgan fingerprint density at radius 2 is 2.11 bits per heavy atom. The predicted octanol–water partition coefficient (Wildman–Crippen LogP) is 2.21. The Labute approximate surface area is 112 Å². The number of aromatic carboxylic acids is 1. The Bertz CT molecular complexity index is 504. The molecule has 5 nitrogen and oxygen atoms in total. The Balaban J connectivity index is 3.24. The maximum atomic E-state index is 12.5. The molecule has 0 radical (unpaired) electrons. The van der Waals surface area contributed by atoms with Crippen LogP contribution in [0.2, 0.25) is 0 Å². The van der Waals surface area contributed by atoms with Crippen molar-refractivity contribution in [3.05, 3.63) is 42.2 Å². The van der Waals surface area contributed by atoms with E-state index in [9.17, 15) is 9.59 Å². The number of hydrogen-bond acceptors (Lipinski definition) is 3. The summed E-state index contributed by atoms with van der Waals surface area (Å²) in [5.74, 6) is -1.57. The van der Waals surface area contributed by atoms with Crippen LogP contribution < -0.4 is 0 Å². The number of carbonyl (C=O) groups is 2. The minimum Gasteiger partial charge on any atom is -0.478 e. The topological polar surface area (TPSA) is 70.5 Å². The Hall–Kier alpha value is -2.17. The second-order valence-electron chi connectivity index (χ2n) is 5.08. The van der Waals surface area contributed by atoms with Crippen LogP contribution in [0, 0.1) is 0 Å². The molecule has 0 fully saturated rings. The van der Waals surface area contributed by atoms with Crippen molar-refractivity contribution in [3.8, 4) is 0 Å². The van der Waals surface area contributed by atoms with Crippen molar-refractivity contribution in [2.75, 3.05) is 6.54 Å². The van der Waals surface area contributed by atoms with Gasteiger partial charge in [0.2, 0.25) is 0 Å². The molecule has 0 aliphatic rings. The molecule has 102 valence electrons. The molecular weight excluding hydrogens is 244 g/mol. The van der Waals surface area contributed by atoms with Gasteiger partial charge in [0, 0.05) is 18.3 Å². The smallest absolute Gasteiger partial charge is 0.338 e. The quantitative estimate of drug-likeness (QED) is 0.844. The maximum absolute atomic E-state index is 12.5. The van der Waals surface area contributed by atoms with Gasteiger partial charge in [-0.3, -0.25) is 9.78 Å². The summed E-state index contributed by atoms with van der Waals surface area (Å²) >= 11 is 0. The highest BCUT2D eigenvalue weighted by Crippen LogP contribution is 2.18. The van der Waals surface area contributed by atoms with E-state index in [-0.39, 0.29) is 11.3 Å². The van der Waals surface area contributed by atoms with Crippen LogP contribution in [0.15, 0.2) is 31.0 Å². The van der Waals surface area contributed by atoms with Gasteiger partial charge in [-0.1, -0.05) is 6.08 Å². The normalized spacial score (nSPS) is 10.9. The number of pyridine rings is 1. The van der Waals surface area contributed by atoms with Crippen LogP contribution in [0.25, 0.3) is 0 Å². The first-order chi connectivity index (χ1) is 8.79. The zero-order valence-corrected chi connectivity index (χ0v) is 11.4. The minimum atomic E-state index is -1.16. The summed E-state index contributed by atoms with van der Waals surface area (Å²) in [4.78, 5) is 29.0. The molecule has 0 unspecified atom stereocenters. The second-order valence-corrected chi connectivity index (χ2v) is 5.08. The fraction of sp³-hybridized carbons (Fsp3) is 0.357. The summed E-state index contributed by atoms with van der Waals surface area (Å²) < 4.78 is 0. The zero-order chi connectivity index (χ0) is 14.6. The molecule has 1 aromatic heterocycles. The summed E-state index contributed by atoms with van der Waals surface area (Å²) in [5.41, 5.74) is -0.587. The molecule has 1 aromatic rings. The lowest BCUT2D eigenvalue weighted by atomic mass is 10.0. The van der Waals surface area contributed by atoms with Crippen molar-refractivity contribution in [3.63, 3.8) is 0 Å². The molecular formula is C14H18N2O3. The first-order valence-electron chi connectivity index (χ1n) is 5.90. The largest absolute Gasteiger partial charge is 0.478 e. The van der Waals surface area contributed by atoms with E-state index in [4.69, 9.17) is 5.11 Å². The van der Waals surface area contributed by atoms with Crippen molar-refractivity contribution in [1.82, 2.24) is 9.88 Å². The molecule has 19 heavy (non-hydrogen) atoms. The molecule has 1 rings (SSSR count). The van der Waals surface area contributed by atoms with Crippen LogP contribution in [0.3, 0.4) is 0 Å². The summed E-state index contributed by atoms with van der Waals surface area (Å²) in [6.07, 6.45) is 3.01. The molecule has 0 atom stereocenters. The average molecular weight is 262 g/mol. The number of nitrogens with zero attached hydrogens (tertiary/aromatic N) is 2. The number of carbonyl (C=O) groups excluding carboxylic acids is 1. The number of aromatic nitrogens is 1. The Kier molecular flexibility index (Phi) is 4.43. The van der Waals surface area contributed by atoms with E-state index in [1.54, 1.807) is 6.08 Å². The number of carboxylic acid groups (broad SMARTS) is 1. The van der Waals surface area contributed by atoms with Gasteiger partial charge in [0.1, 0.15) is 5.69 Å². The van der Waals surface area contributed by atoms with Crippen molar-refractivity contribution in [2.24, 2.45) is 0 Å². The van der Waals surface area contributed by atoms with Crippen LogP contribution in [0.1, 0.15) is 41.6 Å². The van der Waals surface area contributed by atoms with Crippen LogP contribution in [-0.4, -0.2) is 39.0 Å². The van der Waals surface area contributed by atoms with Crippen molar-refractivity contribution in [2.45, 2.75) is 26.3 Å². The van der Waals surface area contributed by atoms with Gasteiger partial charge in [-0.05, 0) is 32.9 Å². The van der Waals surface area contributed by atoms with Crippen molar-refractivity contribution < 1.29 is 14.7 Å². The maximum Gasteiger partial charge on any atom is 0.338 e.